The SMILES string of the molecule is CC.Oc1c(O)c(O)c(-n2c3ccccc3c3cc(-c4ccc(N(c5ccc(C6=CCCc7c6sc6ccccc76)cc5)c5ccc(-c6ccccc6)cc5)cc4)ccc32)c(O)c1O. The first-order valence-corrected chi connectivity index (χ1v) is 22.3. The molecule has 64 heavy (non-hydrogen) atoms. The molecular formula is C56H44N2O5S. The van der Waals surface area contributed by atoms with E-state index in [1.165, 1.54) is 31.7 Å². The summed E-state index contributed by atoms with van der Waals surface area (Å²) in [4.78, 5) is 3.65. The van der Waals surface area contributed by atoms with Crippen LogP contribution in [0.2, 0.25) is 0 Å². The van der Waals surface area contributed by atoms with Crippen LogP contribution in [-0.2, 0) is 6.42 Å². The Hall–Kier alpha value is -7.94. The summed E-state index contributed by atoms with van der Waals surface area (Å²) in [5, 5.41) is 55.8. The van der Waals surface area contributed by atoms with Gasteiger partial charge in [-0.25, -0.2) is 0 Å². The van der Waals surface area contributed by atoms with E-state index in [0.29, 0.717) is 11.0 Å². The van der Waals surface area contributed by atoms with Crippen molar-refractivity contribution in [1.29, 1.82) is 0 Å². The van der Waals surface area contributed by atoms with Crippen LogP contribution in [0.25, 0.3) is 65.4 Å². The maximum Gasteiger partial charge on any atom is 0.208 e. The Morgan fingerprint density at radius 1 is 0.453 bits per heavy atom. The predicted octanol–water partition coefficient (Wildman–Crippen LogP) is 14.7. The highest BCUT2D eigenvalue weighted by molar-refractivity contribution is 7.20. The minimum Gasteiger partial charge on any atom is -0.503 e. The van der Waals surface area contributed by atoms with E-state index in [2.05, 4.69) is 138 Å². The molecule has 5 N–H and O–H groups in total. The number of aromatic hydroxyl groups is 5. The van der Waals surface area contributed by atoms with Crippen LogP contribution in [0.4, 0.5) is 17.1 Å². The molecule has 2 aromatic heterocycles. The number of hydrogen-bond acceptors (Lipinski definition) is 7. The number of aryl methyl sites for hydroxylation is 1. The van der Waals surface area contributed by atoms with E-state index in [0.717, 1.165) is 62.9 Å². The smallest absolute Gasteiger partial charge is 0.208 e. The van der Waals surface area contributed by atoms with Crippen molar-refractivity contribution in [3.63, 3.8) is 0 Å². The molecule has 10 aromatic rings. The minimum atomic E-state index is -1.00. The highest BCUT2D eigenvalue weighted by atomic mass is 32.1. The summed E-state index contributed by atoms with van der Waals surface area (Å²) in [6.07, 6.45) is 4.47. The third-order valence-corrected chi connectivity index (χ3v) is 13.3. The maximum atomic E-state index is 10.9. The van der Waals surface area contributed by atoms with Crippen molar-refractivity contribution < 1.29 is 25.5 Å². The van der Waals surface area contributed by atoms with Crippen LogP contribution in [0.3, 0.4) is 0 Å². The summed E-state index contributed by atoms with van der Waals surface area (Å²) in [7, 11) is 0. The summed E-state index contributed by atoms with van der Waals surface area (Å²) in [5.41, 5.74) is 12.2. The van der Waals surface area contributed by atoms with Crippen LogP contribution >= 0.6 is 11.3 Å². The van der Waals surface area contributed by atoms with Crippen molar-refractivity contribution in [2.45, 2.75) is 26.7 Å². The zero-order valence-electron chi connectivity index (χ0n) is 35.2. The molecule has 0 saturated heterocycles. The number of allylic oxidation sites excluding steroid dienone is 1. The molecule has 0 unspecified atom stereocenters. The number of rotatable bonds is 7. The lowest BCUT2D eigenvalue weighted by Gasteiger charge is -2.26. The molecule has 1 aliphatic carbocycles. The second-order valence-corrected chi connectivity index (χ2v) is 16.6. The molecule has 0 spiro atoms. The largest absolute Gasteiger partial charge is 0.503 e. The van der Waals surface area contributed by atoms with Gasteiger partial charge >= 0.3 is 0 Å². The number of para-hydroxylation sites is 1. The van der Waals surface area contributed by atoms with E-state index >= 15 is 0 Å². The third kappa shape index (κ3) is 6.67. The molecule has 8 heteroatoms. The first kappa shape index (κ1) is 40.2. The highest BCUT2D eigenvalue weighted by Crippen LogP contribution is 2.54. The summed E-state index contributed by atoms with van der Waals surface area (Å²) in [6.45, 7) is 4.00. The third-order valence-electron chi connectivity index (χ3n) is 12.1. The first-order valence-electron chi connectivity index (χ1n) is 21.4. The Bertz CT molecular complexity index is 3360. The standard InChI is InChI=1S/C54H38N2O5S.C2H6/c57-49-48(50(58)52(60)53(61)51(49)59)56-45-15-6-4-11-41(45)44-31-36(23-30-46(44)56)34-19-26-38(27-20-34)55(37-24-17-33(18-25-37)32-9-2-1-3-10-32)39-28-21-35(22-29-39)40-13-8-14-43-42-12-5-7-16-47(42)62-54(40)43;1-2/h1-7,9-13,15-31,57-61H,8,14H2;1-2H3. The number of fused-ring (bicyclic) bond motifs is 6. The fraction of sp³-hybridized carbons (Fsp3) is 0.0714. The number of anilines is 3. The second kappa shape index (κ2) is 16.4. The average molecular weight is 857 g/mol. The Morgan fingerprint density at radius 2 is 0.938 bits per heavy atom. The van der Waals surface area contributed by atoms with Gasteiger partial charge in [0.25, 0.3) is 0 Å². The van der Waals surface area contributed by atoms with Gasteiger partial charge in [-0.2, -0.15) is 0 Å². The number of nitrogens with zero attached hydrogens (tertiary/aromatic N) is 2. The van der Waals surface area contributed by atoms with Gasteiger partial charge < -0.3 is 35.0 Å². The molecule has 8 aromatic carbocycles. The zero-order chi connectivity index (χ0) is 44.1. The summed E-state index contributed by atoms with van der Waals surface area (Å²) < 4.78 is 2.90. The average Bonchev–Trinajstić information content (AvgIpc) is 3.90. The van der Waals surface area contributed by atoms with Gasteiger partial charge in [-0.3, -0.25) is 0 Å². The van der Waals surface area contributed by atoms with Gasteiger partial charge in [-0.1, -0.05) is 129 Å². The highest BCUT2D eigenvalue weighted by Gasteiger charge is 2.27. The Morgan fingerprint density at radius 3 is 1.58 bits per heavy atom. The first-order chi connectivity index (χ1) is 31.3. The number of aromatic nitrogens is 1. The maximum absolute atomic E-state index is 10.9. The molecule has 1 aliphatic rings. The van der Waals surface area contributed by atoms with Crippen LogP contribution in [0.5, 0.6) is 28.7 Å². The van der Waals surface area contributed by atoms with E-state index in [-0.39, 0.29) is 5.69 Å². The molecule has 314 valence electrons. The summed E-state index contributed by atoms with van der Waals surface area (Å²) in [5.74, 6) is -4.38. The fourth-order valence-corrected chi connectivity index (χ4v) is 10.3. The Kier molecular flexibility index (Phi) is 10.3. The number of phenolic OH excluding ortho intramolecular Hbond substituents is 5. The van der Waals surface area contributed by atoms with Crippen molar-refractivity contribution in [2.75, 3.05) is 4.90 Å². The Balaban J connectivity index is 0.00000239. The van der Waals surface area contributed by atoms with Crippen molar-refractivity contribution >= 4 is 65.9 Å². The van der Waals surface area contributed by atoms with Crippen LogP contribution in [-0.4, -0.2) is 30.1 Å². The normalized spacial score (nSPS) is 12.2. The monoisotopic (exact) mass is 856 g/mol. The molecule has 11 rings (SSSR count). The lowest BCUT2D eigenvalue weighted by atomic mass is 9.91. The van der Waals surface area contributed by atoms with Gasteiger partial charge in [0.15, 0.2) is 11.5 Å². The topological polar surface area (TPSA) is 109 Å². The van der Waals surface area contributed by atoms with Gasteiger partial charge in [-0.05, 0) is 118 Å². The van der Waals surface area contributed by atoms with Crippen LogP contribution in [0.15, 0.2) is 176 Å². The van der Waals surface area contributed by atoms with Gasteiger partial charge in [-0.15, -0.1) is 11.3 Å². The molecule has 0 saturated carbocycles. The Labute approximate surface area is 374 Å². The lowest BCUT2D eigenvalue weighted by Crippen LogP contribution is -2.10. The number of phenols is 5. The van der Waals surface area contributed by atoms with E-state index in [1.54, 1.807) is 4.57 Å². The molecule has 0 bridgehead atoms. The molecule has 0 atom stereocenters. The summed E-state index contributed by atoms with van der Waals surface area (Å²) in [6, 6.07) is 58.6. The van der Waals surface area contributed by atoms with Crippen molar-refractivity contribution in [2.24, 2.45) is 0 Å². The molecule has 7 nitrogen and oxygen atoms in total. The van der Waals surface area contributed by atoms with Crippen molar-refractivity contribution in [3.05, 3.63) is 192 Å². The molecule has 0 amide bonds. The van der Waals surface area contributed by atoms with E-state index < -0.39 is 28.7 Å². The van der Waals surface area contributed by atoms with E-state index in [1.807, 2.05) is 67.6 Å². The van der Waals surface area contributed by atoms with Crippen LogP contribution in [0.1, 0.15) is 36.3 Å². The quantitative estimate of drug-likeness (QED) is 0.0807. The lowest BCUT2D eigenvalue weighted by molar-refractivity contribution is 0.327. The second-order valence-electron chi connectivity index (χ2n) is 15.6. The zero-order valence-corrected chi connectivity index (χ0v) is 36.0. The molecule has 0 radical (unpaired) electrons. The molecular weight excluding hydrogens is 813 g/mol. The van der Waals surface area contributed by atoms with Gasteiger partial charge in [0.1, 0.15) is 5.69 Å². The van der Waals surface area contributed by atoms with E-state index in [4.69, 9.17) is 0 Å². The van der Waals surface area contributed by atoms with Gasteiger partial charge in [0, 0.05) is 37.4 Å². The molecule has 0 fully saturated rings. The van der Waals surface area contributed by atoms with Crippen molar-refractivity contribution in [1.82, 2.24) is 4.57 Å². The predicted molar refractivity (Wildman–Crippen MR) is 263 cm³/mol. The fourth-order valence-electron chi connectivity index (χ4n) is 9.02. The molecule has 0 aliphatic heterocycles. The number of benzene rings is 8. The van der Waals surface area contributed by atoms with Crippen molar-refractivity contribution in [3.8, 4) is 56.7 Å². The number of hydrogen-bond donors (Lipinski definition) is 5. The van der Waals surface area contributed by atoms with E-state index in [9.17, 15) is 25.5 Å². The minimum absolute atomic E-state index is 0.244. The molecule has 2 heterocycles. The van der Waals surface area contributed by atoms with Gasteiger partial charge in [0.05, 0.1) is 11.0 Å². The van der Waals surface area contributed by atoms with Gasteiger partial charge in [0.2, 0.25) is 17.2 Å². The van der Waals surface area contributed by atoms with Crippen LogP contribution < -0.4 is 4.90 Å². The summed E-state index contributed by atoms with van der Waals surface area (Å²) >= 11 is 1.88. The van der Waals surface area contributed by atoms with Crippen LogP contribution in [0, 0.1) is 0 Å². The number of thiophene rings is 1.